The van der Waals surface area contributed by atoms with Gasteiger partial charge in [0.2, 0.25) is 15.9 Å². The molecular weight excluding hydrogens is 362 g/mol. The summed E-state index contributed by atoms with van der Waals surface area (Å²) in [6.07, 6.45) is 3.36. The van der Waals surface area contributed by atoms with Crippen LogP contribution in [0.25, 0.3) is 0 Å². The fraction of sp³-hybridized carbons (Fsp3) is 0.650. The third-order valence-corrected chi connectivity index (χ3v) is 7.78. The van der Waals surface area contributed by atoms with Crippen LogP contribution in [-0.2, 0) is 27.8 Å². The molecule has 0 saturated carbocycles. The number of nitrogens with zero attached hydrogens (tertiary/aromatic N) is 1. The summed E-state index contributed by atoms with van der Waals surface area (Å²) in [5, 5.41) is 3.06. The molecule has 2 aliphatic rings. The molecule has 2 N–H and O–H groups in total. The first-order valence-electron chi connectivity index (χ1n) is 10.2. The second-order valence-corrected chi connectivity index (χ2v) is 9.92. The lowest BCUT2D eigenvalue weighted by molar-refractivity contribution is -0.916. The minimum Gasteiger partial charge on any atom is -0.356 e. The minimum absolute atomic E-state index is 0.0532. The van der Waals surface area contributed by atoms with Crippen LogP contribution >= 0.6 is 0 Å². The molecule has 7 heteroatoms. The molecule has 1 aromatic carbocycles. The van der Waals surface area contributed by atoms with E-state index in [-0.39, 0.29) is 17.6 Å². The summed E-state index contributed by atoms with van der Waals surface area (Å²) in [6, 6.07) is 8.67. The summed E-state index contributed by atoms with van der Waals surface area (Å²) in [6.45, 7) is 6.61. The highest BCUT2D eigenvalue weighted by atomic mass is 32.2. The summed E-state index contributed by atoms with van der Waals surface area (Å²) in [5.41, 5.74) is 2.93. The molecule has 2 heterocycles. The van der Waals surface area contributed by atoms with Crippen molar-refractivity contribution in [3.8, 4) is 0 Å². The van der Waals surface area contributed by atoms with Crippen LogP contribution in [0.1, 0.15) is 37.3 Å². The molecule has 1 fully saturated rings. The van der Waals surface area contributed by atoms with Crippen LogP contribution in [0.5, 0.6) is 0 Å². The van der Waals surface area contributed by atoms with Crippen LogP contribution in [0.4, 0.5) is 0 Å². The van der Waals surface area contributed by atoms with Gasteiger partial charge in [-0.3, -0.25) is 4.79 Å². The summed E-state index contributed by atoms with van der Waals surface area (Å²) < 4.78 is 25.3. The summed E-state index contributed by atoms with van der Waals surface area (Å²) >= 11 is 0. The lowest BCUT2D eigenvalue weighted by Crippen LogP contribution is -3.11. The molecule has 1 amide bonds. The van der Waals surface area contributed by atoms with Gasteiger partial charge in [0.25, 0.3) is 0 Å². The second-order valence-electron chi connectivity index (χ2n) is 7.66. The Morgan fingerprint density at radius 2 is 1.93 bits per heavy atom. The Balaban J connectivity index is 1.34. The molecule has 3 rings (SSSR count). The van der Waals surface area contributed by atoms with Crippen LogP contribution in [0.3, 0.4) is 0 Å². The van der Waals surface area contributed by atoms with Crippen molar-refractivity contribution in [3.05, 3.63) is 35.4 Å². The molecule has 1 unspecified atom stereocenters. The van der Waals surface area contributed by atoms with Crippen LogP contribution in [-0.4, -0.2) is 57.1 Å². The molecule has 150 valence electrons. The lowest BCUT2D eigenvalue weighted by Gasteiger charge is -2.30. The van der Waals surface area contributed by atoms with Crippen molar-refractivity contribution in [1.29, 1.82) is 0 Å². The number of carbonyl (C=O) groups excluding carboxylic acids is 1. The first-order valence-corrected chi connectivity index (χ1v) is 11.8. The van der Waals surface area contributed by atoms with Gasteiger partial charge in [-0.05, 0) is 25.3 Å². The number of piperidine rings is 1. The van der Waals surface area contributed by atoms with Crippen LogP contribution in [0.15, 0.2) is 24.3 Å². The Morgan fingerprint density at radius 1 is 1.22 bits per heavy atom. The van der Waals surface area contributed by atoms with Gasteiger partial charge >= 0.3 is 0 Å². The Morgan fingerprint density at radius 3 is 2.63 bits per heavy atom. The Hall–Kier alpha value is -1.44. The summed E-state index contributed by atoms with van der Waals surface area (Å²) in [5.74, 6) is 0.165. The average molecular weight is 395 g/mol. The van der Waals surface area contributed by atoms with Gasteiger partial charge in [-0.2, -0.15) is 0 Å². The van der Waals surface area contributed by atoms with Gasteiger partial charge in [-0.1, -0.05) is 24.3 Å². The molecule has 2 aliphatic heterocycles. The number of sulfonamides is 1. The van der Waals surface area contributed by atoms with Gasteiger partial charge in [0.15, 0.2) is 0 Å². The highest BCUT2D eigenvalue weighted by molar-refractivity contribution is 7.89. The number of amides is 1. The van der Waals surface area contributed by atoms with Gasteiger partial charge in [0.1, 0.15) is 6.54 Å². The van der Waals surface area contributed by atoms with Crippen molar-refractivity contribution in [1.82, 2.24) is 9.62 Å². The topological polar surface area (TPSA) is 70.9 Å². The van der Waals surface area contributed by atoms with Crippen LogP contribution in [0.2, 0.25) is 0 Å². The standard InChI is InChI=1S/C20H31N3O3S/c1-2-27(25,26)23-14-9-18(10-15-23)20(24)21-11-5-12-22-13-8-17-6-3-4-7-19(17)16-22/h3-4,6-7,18H,2,5,8-16H2,1H3,(H,21,24)/p+1. The largest absolute Gasteiger partial charge is 0.356 e. The van der Waals surface area contributed by atoms with Gasteiger partial charge in [-0.15, -0.1) is 0 Å². The van der Waals surface area contributed by atoms with Crippen molar-refractivity contribution in [2.45, 2.75) is 39.2 Å². The highest BCUT2D eigenvalue weighted by Crippen LogP contribution is 2.20. The van der Waals surface area contributed by atoms with Crippen molar-refractivity contribution in [2.75, 3.05) is 38.5 Å². The molecule has 27 heavy (non-hydrogen) atoms. The molecule has 1 aromatic rings. The smallest absolute Gasteiger partial charge is 0.223 e. The molecule has 0 radical (unpaired) electrons. The minimum atomic E-state index is -3.13. The third-order valence-electron chi connectivity index (χ3n) is 5.90. The maximum Gasteiger partial charge on any atom is 0.223 e. The van der Waals surface area contributed by atoms with E-state index >= 15 is 0 Å². The molecular formula is C20H32N3O3S+. The molecule has 0 aliphatic carbocycles. The molecule has 0 bridgehead atoms. The molecule has 1 saturated heterocycles. The predicted octanol–water partition coefficient (Wildman–Crippen LogP) is 0.196. The van der Waals surface area contributed by atoms with Gasteiger partial charge in [-0.25, -0.2) is 12.7 Å². The van der Waals surface area contributed by atoms with E-state index in [2.05, 4.69) is 29.6 Å². The fourth-order valence-corrected chi connectivity index (χ4v) is 5.26. The SMILES string of the molecule is CCS(=O)(=O)N1CCC(C(=O)NCCC[NH+]2CCc3ccccc3C2)CC1. The first-order chi connectivity index (χ1) is 13.0. The normalized spacial score (nSPS) is 21.6. The third kappa shape index (κ3) is 5.30. The van der Waals surface area contributed by atoms with Crippen molar-refractivity contribution < 1.29 is 18.1 Å². The monoisotopic (exact) mass is 394 g/mol. The lowest BCUT2D eigenvalue weighted by atomic mass is 9.97. The van der Waals surface area contributed by atoms with E-state index in [1.165, 1.54) is 15.4 Å². The maximum absolute atomic E-state index is 12.4. The zero-order valence-electron chi connectivity index (χ0n) is 16.2. The number of nitrogens with one attached hydrogen (secondary N) is 2. The van der Waals surface area contributed by atoms with Gasteiger partial charge in [0, 0.05) is 44.0 Å². The van der Waals surface area contributed by atoms with Crippen molar-refractivity contribution in [3.63, 3.8) is 0 Å². The Labute approximate surface area is 163 Å². The van der Waals surface area contributed by atoms with Crippen molar-refractivity contribution >= 4 is 15.9 Å². The van der Waals surface area contributed by atoms with Crippen molar-refractivity contribution in [2.24, 2.45) is 5.92 Å². The number of fused-ring (bicyclic) bond motifs is 1. The predicted molar refractivity (Wildman–Crippen MR) is 106 cm³/mol. The van der Waals surface area contributed by atoms with E-state index in [9.17, 15) is 13.2 Å². The highest BCUT2D eigenvalue weighted by Gasteiger charge is 2.30. The van der Waals surface area contributed by atoms with E-state index in [1.54, 1.807) is 11.8 Å². The molecule has 0 aromatic heterocycles. The number of hydrogen-bond acceptors (Lipinski definition) is 3. The summed E-state index contributed by atoms with van der Waals surface area (Å²) in [7, 11) is -3.13. The van der Waals surface area contributed by atoms with E-state index in [1.807, 2.05) is 0 Å². The Bertz CT molecular complexity index is 743. The zero-order valence-corrected chi connectivity index (χ0v) is 17.1. The van der Waals surface area contributed by atoms with E-state index < -0.39 is 10.0 Å². The van der Waals surface area contributed by atoms with E-state index in [0.717, 1.165) is 32.5 Å². The quantitative estimate of drug-likeness (QED) is 0.649. The first kappa shape index (κ1) is 20.3. The van der Waals surface area contributed by atoms with Crippen LogP contribution < -0.4 is 10.2 Å². The van der Waals surface area contributed by atoms with E-state index in [4.69, 9.17) is 0 Å². The maximum atomic E-state index is 12.4. The average Bonchev–Trinajstić information content (AvgIpc) is 2.71. The van der Waals surface area contributed by atoms with Gasteiger partial charge < -0.3 is 10.2 Å². The van der Waals surface area contributed by atoms with Gasteiger partial charge in [0.05, 0.1) is 18.8 Å². The number of rotatable bonds is 7. The van der Waals surface area contributed by atoms with E-state index in [0.29, 0.717) is 32.5 Å². The fourth-order valence-electron chi connectivity index (χ4n) is 4.13. The summed E-state index contributed by atoms with van der Waals surface area (Å²) in [4.78, 5) is 13.9. The number of carbonyl (C=O) groups is 1. The second kappa shape index (κ2) is 9.17. The Kier molecular flexibility index (Phi) is 6.89. The zero-order chi connectivity index (χ0) is 19.3. The molecule has 6 nitrogen and oxygen atoms in total. The van der Waals surface area contributed by atoms with Crippen LogP contribution in [0, 0.1) is 5.92 Å². The molecule has 1 atom stereocenters. The molecule has 0 spiro atoms. The number of benzene rings is 1. The number of hydrogen-bond donors (Lipinski definition) is 2. The number of quaternary nitrogens is 1.